The molecule has 7 heteroatoms. The minimum atomic E-state index is -0.379. The molecule has 2 aliphatic rings. The Kier molecular flexibility index (Phi) is 5.88. The second-order valence-electron chi connectivity index (χ2n) is 6.91. The lowest BCUT2D eigenvalue weighted by Crippen LogP contribution is -2.45. The molecule has 0 atom stereocenters. The molecule has 0 aliphatic carbocycles. The fraction of sp³-hybridized carbons (Fsp3) is 0.667. The number of hydrogen-bond acceptors (Lipinski definition) is 6. The lowest BCUT2D eigenvalue weighted by atomic mass is 10.0. The van der Waals surface area contributed by atoms with Gasteiger partial charge in [0.15, 0.2) is 5.79 Å². The summed E-state index contributed by atoms with van der Waals surface area (Å²) >= 11 is 0. The second kappa shape index (κ2) is 8.12. The third kappa shape index (κ3) is 4.68. The molecule has 138 valence electrons. The van der Waals surface area contributed by atoms with E-state index in [0.717, 1.165) is 44.6 Å². The van der Waals surface area contributed by atoms with Crippen molar-refractivity contribution in [2.24, 2.45) is 0 Å². The van der Waals surface area contributed by atoms with Gasteiger partial charge in [0.2, 0.25) is 0 Å². The van der Waals surface area contributed by atoms with Crippen molar-refractivity contribution in [1.82, 2.24) is 15.2 Å². The fourth-order valence-electron chi connectivity index (χ4n) is 3.32. The lowest BCUT2D eigenvalue weighted by molar-refractivity contribution is -0.169. The van der Waals surface area contributed by atoms with Gasteiger partial charge in [-0.2, -0.15) is 0 Å². The molecule has 0 aromatic carbocycles. The van der Waals surface area contributed by atoms with Crippen LogP contribution < -0.4 is 10.2 Å². The van der Waals surface area contributed by atoms with Crippen LogP contribution in [0, 0.1) is 0 Å². The number of nitrogens with one attached hydrogen (secondary N) is 1. The Morgan fingerprint density at radius 1 is 1.32 bits per heavy atom. The first-order chi connectivity index (χ1) is 12.1. The molecule has 3 rings (SSSR count). The first-order valence-electron chi connectivity index (χ1n) is 9.00. The molecule has 2 fully saturated rings. The highest BCUT2D eigenvalue weighted by atomic mass is 16.7. The van der Waals surface area contributed by atoms with E-state index in [0.29, 0.717) is 25.5 Å². The Bertz CT molecular complexity index is 577. The number of piperidine rings is 1. The predicted molar refractivity (Wildman–Crippen MR) is 95.8 cm³/mol. The summed E-state index contributed by atoms with van der Waals surface area (Å²) in [7, 11) is 4.05. The molecule has 2 aliphatic heterocycles. The highest BCUT2D eigenvalue weighted by molar-refractivity contribution is 5.93. The quantitative estimate of drug-likeness (QED) is 0.777. The van der Waals surface area contributed by atoms with Gasteiger partial charge in [-0.3, -0.25) is 9.78 Å². The van der Waals surface area contributed by atoms with Gasteiger partial charge >= 0.3 is 0 Å². The molecule has 1 amide bonds. The van der Waals surface area contributed by atoms with E-state index in [2.05, 4.69) is 20.1 Å². The lowest BCUT2D eigenvalue weighted by Gasteiger charge is -2.38. The number of pyridine rings is 1. The van der Waals surface area contributed by atoms with Gasteiger partial charge in [0.05, 0.1) is 13.2 Å². The Labute approximate surface area is 149 Å². The van der Waals surface area contributed by atoms with Crippen LogP contribution in [0.25, 0.3) is 0 Å². The van der Waals surface area contributed by atoms with Gasteiger partial charge in [0.25, 0.3) is 5.91 Å². The maximum atomic E-state index is 12.3. The Morgan fingerprint density at radius 2 is 2.04 bits per heavy atom. The maximum absolute atomic E-state index is 12.3. The summed E-state index contributed by atoms with van der Waals surface area (Å²) in [6.45, 7) is 4.69. The van der Waals surface area contributed by atoms with Crippen LogP contribution in [0.1, 0.15) is 29.8 Å². The normalized spacial score (nSPS) is 19.6. The van der Waals surface area contributed by atoms with Crippen molar-refractivity contribution in [2.45, 2.75) is 25.0 Å². The van der Waals surface area contributed by atoms with E-state index in [1.54, 1.807) is 6.20 Å². The van der Waals surface area contributed by atoms with Crippen molar-refractivity contribution < 1.29 is 14.3 Å². The van der Waals surface area contributed by atoms with E-state index < -0.39 is 0 Å². The van der Waals surface area contributed by atoms with Crippen molar-refractivity contribution >= 4 is 11.6 Å². The van der Waals surface area contributed by atoms with E-state index >= 15 is 0 Å². The molecule has 2 saturated heterocycles. The zero-order valence-electron chi connectivity index (χ0n) is 15.2. The number of hydrogen-bond donors (Lipinski definition) is 1. The largest absolute Gasteiger partial charge is 0.371 e. The molecule has 0 unspecified atom stereocenters. The number of carbonyl (C=O) groups is 1. The van der Waals surface area contributed by atoms with Crippen molar-refractivity contribution in [3.63, 3.8) is 0 Å². The van der Waals surface area contributed by atoms with Gasteiger partial charge < -0.3 is 24.6 Å². The molecule has 0 saturated carbocycles. The third-order valence-corrected chi connectivity index (χ3v) is 4.75. The first kappa shape index (κ1) is 18.1. The highest BCUT2D eigenvalue weighted by Gasteiger charge is 2.39. The average molecular weight is 348 g/mol. The van der Waals surface area contributed by atoms with Crippen LogP contribution in [-0.4, -0.2) is 75.1 Å². The summed E-state index contributed by atoms with van der Waals surface area (Å²) in [5.74, 6) is -0.493. The van der Waals surface area contributed by atoms with Gasteiger partial charge in [-0.05, 0) is 39.2 Å². The van der Waals surface area contributed by atoms with Crippen molar-refractivity contribution in [3.05, 3.63) is 24.0 Å². The zero-order chi connectivity index (χ0) is 17.7. The SMILES string of the molecule is CN(C)CCCNC(=O)c1cc(N2CCC3(CC2)OCCO3)ccn1. The Hall–Kier alpha value is -1.70. The van der Waals surface area contributed by atoms with Crippen LogP contribution in [0.4, 0.5) is 5.69 Å². The van der Waals surface area contributed by atoms with E-state index in [4.69, 9.17) is 9.47 Å². The van der Waals surface area contributed by atoms with Crippen molar-refractivity contribution in [3.8, 4) is 0 Å². The molecule has 1 spiro atoms. The highest BCUT2D eigenvalue weighted by Crippen LogP contribution is 2.33. The minimum Gasteiger partial charge on any atom is -0.371 e. The number of rotatable bonds is 6. The topological polar surface area (TPSA) is 66.9 Å². The Morgan fingerprint density at radius 3 is 2.72 bits per heavy atom. The van der Waals surface area contributed by atoms with Crippen LogP contribution in [0.2, 0.25) is 0 Å². The van der Waals surface area contributed by atoms with Crippen LogP contribution in [-0.2, 0) is 9.47 Å². The smallest absolute Gasteiger partial charge is 0.269 e. The number of amides is 1. The van der Waals surface area contributed by atoms with Crippen LogP contribution in [0.5, 0.6) is 0 Å². The molecule has 1 aromatic rings. The minimum absolute atomic E-state index is 0.114. The molecule has 0 radical (unpaired) electrons. The summed E-state index contributed by atoms with van der Waals surface area (Å²) in [6.07, 6.45) is 4.33. The number of aromatic nitrogens is 1. The van der Waals surface area contributed by atoms with Crippen LogP contribution in [0.3, 0.4) is 0 Å². The summed E-state index contributed by atoms with van der Waals surface area (Å²) in [6, 6.07) is 3.83. The van der Waals surface area contributed by atoms with E-state index in [1.807, 2.05) is 26.2 Å². The van der Waals surface area contributed by atoms with Crippen LogP contribution in [0.15, 0.2) is 18.3 Å². The summed E-state index contributed by atoms with van der Waals surface area (Å²) in [5, 5.41) is 2.94. The van der Waals surface area contributed by atoms with Gasteiger partial charge in [-0.15, -0.1) is 0 Å². The van der Waals surface area contributed by atoms with Crippen molar-refractivity contribution in [2.75, 3.05) is 58.4 Å². The standard InChI is InChI=1S/C18H28N4O3/c1-21(2)9-3-7-20-17(23)16-14-15(4-8-19-16)22-10-5-18(6-11-22)24-12-13-25-18/h4,8,14H,3,5-7,9-13H2,1-2H3,(H,20,23). The van der Waals surface area contributed by atoms with Gasteiger partial charge in [-0.25, -0.2) is 0 Å². The van der Waals surface area contributed by atoms with Gasteiger partial charge in [-0.1, -0.05) is 0 Å². The van der Waals surface area contributed by atoms with E-state index in [1.165, 1.54) is 0 Å². The monoisotopic (exact) mass is 348 g/mol. The van der Waals surface area contributed by atoms with Crippen molar-refractivity contribution in [1.29, 1.82) is 0 Å². The number of ether oxygens (including phenoxy) is 2. The van der Waals surface area contributed by atoms with Crippen LogP contribution >= 0.6 is 0 Å². The Balaban J connectivity index is 1.53. The second-order valence-corrected chi connectivity index (χ2v) is 6.91. The molecule has 3 heterocycles. The molecular formula is C18H28N4O3. The number of anilines is 1. The molecule has 7 nitrogen and oxygen atoms in total. The summed E-state index contributed by atoms with van der Waals surface area (Å²) in [4.78, 5) is 20.9. The van der Waals surface area contributed by atoms with E-state index in [-0.39, 0.29) is 11.7 Å². The summed E-state index contributed by atoms with van der Waals surface area (Å²) in [5.41, 5.74) is 1.50. The molecule has 1 aromatic heterocycles. The number of nitrogens with zero attached hydrogens (tertiary/aromatic N) is 3. The molecule has 0 bridgehead atoms. The molecule has 1 N–H and O–H groups in total. The summed E-state index contributed by atoms with van der Waals surface area (Å²) < 4.78 is 11.5. The maximum Gasteiger partial charge on any atom is 0.269 e. The first-order valence-corrected chi connectivity index (χ1v) is 9.00. The predicted octanol–water partition coefficient (Wildman–Crippen LogP) is 1.11. The third-order valence-electron chi connectivity index (χ3n) is 4.75. The fourth-order valence-corrected chi connectivity index (χ4v) is 3.32. The van der Waals surface area contributed by atoms with Gasteiger partial charge in [0.1, 0.15) is 5.69 Å². The number of carbonyl (C=O) groups excluding carboxylic acids is 1. The average Bonchev–Trinajstić information content (AvgIpc) is 3.07. The zero-order valence-corrected chi connectivity index (χ0v) is 15.2. The molecular weight excluding hydrogens is 320 g/mol. The molecule has 25 heavy (non-hydrogen) atoms. The van der Waals surface area contributed by atoms with Gasteiger partial charge in [0, 0.05) is 44.4 Å². The van der Waals surface area contributed by atoms with E-state index in [9.17, 15) is 4.79 Å².